The van der Waals surface area contributed by atoms with Gasteiger partial charge in [0.2, 0.25) is 0 Å². The molecule has 0 atom stereocenters. The van der Waals surface area contributed by atoms with E-state index >= 15 is 0 Å². The van der Waals surface area contributed by atoms with E-state index in [9.17, 15) is 4.39 Å². The van der Waals surface area contributed by atoms with Crippen molar-refractivity contribution in [3.8, 4) is 5.75 Å². The molecule has 1 aromatic rings. The van der Waals surface area contributed by atoms with Crippen molar-refractivity contribution >= 4 is 0 Å². The van der Waals surface area contributed by atoms with Crippen molar-refractivity contribution in [2.24, 2.45) is 0 Å². The Balaban J connectivity index is 2.70. The molecule has 0 unspecified atom stereocenters. The summed E-state index contributed by atoms with van der Waals surface area (Å²) in [5.74, 6) is 0.849. The van der Waals surface area contributed by atoms with Gasteiger partial charge in [0, 0.05) is 31.6 Å². The molecular weight excluding hydrogens is 415 g/mol. The Morgan fingerprint density at radius 1 is 1.15 bits per heavy atom. The van der Waals surface area contributed by atoms with Crippen LogP contribution in [0.5, 0.6) is 5.75 Å². The van der Waals surface area contributed by atoms with Crippen LogP contribution in [0.1, 0.15) is 59.4 Å². The van der Waals surface area contributed by atoms with Gasteiger partial charge < -0.3 is 14.5 Å². The molecule has 0 aliphatic carbocycles. The Kier molecular flexibility index (Phi) is 13.9. The first-order valence-corrected chi connectivity index (χ1v) is 11.9. The molecule has 1 aromatic carbocycles. The second-order valence-electron chi connectivity index (χ2n) is 8.55. The SMILES string of the molecule is C\C=C/C(=C\C=C\OCCCC)C(C)(C)c1ccc(OCCCN(/C=C(\C)CF)NC)cc1. The third kappa shape index (κ3) is 10.8. The summed E-state index contributed by atoms with van der Waals surface area (Å²) < 4.78 is 24.1. The van der Waals surface area contributed by atoms with E-state index in [0.717, 1.165) is 38.2 Å². The van der Waals surface area contributed by atoms with E-state index in [1.54, 1.807) is 19.4 Å². The van der Waals surface area contributed by atoms with Gasteiger partial charge >= 0.3 is 0 Å². The van der Waals surface area contributed by atoms with Crippen LogP contribution in [0, 0.1) is 0 Å². The quantitative estimate of drug-likeness (QED) is 0.127. The van der Waals surface area contributed by atoms with Crippen LogP contribution in [0.2, 0.25) is 0 Å². The number of benzene rings is 1. The summed E-state index contributed by atoms with van der Waals surface area (Å²) in [4.78, 5) is 0. The molecule has 0 radical (unpaired) electrons. The van der Waals surface area contributed by atoms with Crippen LogP contribution in [0.3, 0.4) is 0 Å². The number of rotatable bonds is 16. The first-order valence-electron chi connectivity index (χ1n) is 11.9. The van der Waals surface area contributed by atoms with E-state index in [0.29, 0.717) is 12.2 Å². The zero-order valence-electron chi connectivity index (χ0n) is 21.4. The van der Waals surface area contributed by atoms with Gasteiger partial charge in [0.25, 0.3) is 0 Å². The molecule has 0 aliphatic heterocycles. The van der Waals surface area contributed by atoms with Gasteiger partial charge in [-0.2, -0.15) is 0 Å². The number of nitrogens with one attached hydrogen (secondary N) is 1. The Labute approximate surface area is 200 Å². The number of hydrazine groups is 1. The number of unbranched alkanes of at least 4 members (excludes halogenated alkanes) is 1. The predicted octanol–water partition coefficient (Wildman–Crippen LogP) is 6.88. The van der Waals surface area contributed by atoms with Gasteiger partial charge in [-0.3, -0.25) is 0 Å². The van der Waals surface area contributed by atoms with E-state index in [-0.39, 0.29) is 5.41 Å². The highest BCUT2D eigenvalue weighted by Crippen LogP contribution is 2.33. The second-order valence-corrected chi connectivity index (χ2v) is 8.55. The Hall–Kier alpha value is -2.53. The van der Waals surface area contributed by atoms with Crippen molar-refractivity contribution in [2.75, 3.05) is 33.5 Å². The standard InChI is InChI=1S/C28H43FN2O2/c1-7-9-19-32-20-10-13-25(12-8-2)28(4,5)26-14-16-27(17-15-26)33-21-11-18-31(30-6)23-24(3)22-29/h8,10,12-17,20,23,30H,7,9,11,18-19,21-22H2,1-6H3/b12-8-,20-10+,24-23+,25-13+. The van der Waals surface area contributed by atoms with Crippen LogP contribution in [0.15, 0.2) is 72.2 Å². The topological polar surface area (TPSA) is 33.7 Å². The molecule has 0 saturated carbocycles. The van der Waals surface area contributed by atoms with Crippen molar-refractivity contribution < 1.29 is 13.9 Å². The molecule has 1 rings (SSSR count). The largest absolute Gasteiger partial charge is 0.501 e. The van der Waals surface area contributed by atoms with Crippen molar-refractivity contribution in [2.45, 2.75) is 59.3 Å². The van der Waals surface area contributed by atoms with E-state index in [2.05, 4.69) is 56.6 Å². The fraction of sp³-hybridized carbons (Fsp3) is 0.500. The average molecular weight is 459 g/mol. The number of allylic oxidation sites excluding steroid dienone is 6. The third-order valence-electron chi connectivity index (χ3n) is 5.40. The summed E-state index contributed by atoms with van der Waals surface area (Å²) >= 11 is 0. The van der Waals surface area contributed by atoms with Crippen LogP contribution >= 0.6 is 0 Å². The maximum Gasteiger partial charge on any atom is 0.119 e. The van der Waals surface area contributed by atoms with Gasteiger partial charge in [-0.05, 0) is 55.2 Å². The van der Waals surface area contributed by atoms with Crippen LogP contribution in [-0.2, 0) is 10.2 Å². The highest BCUT2D eigenvalue weighted by Gasteiger charge is 2.23. The highest BCUT2D eigenvalue weighted by atomic mass is 19.1. The van der Waals surface area contributed by atoms with E-state index < -0.39 is 6.67 Å². The average Bonchev–Trinajstić information content (AvgIpc) is 2.82. The molecular formula is C28H43FN2O2. The van der Waals surface area contributed by atoms with Crippen LogP contribution in [-0.4, -0.2) is 38.5 Å². The molecule has 0 bridgehead atoms. The fourth-order valence-electron chi connectivity index (χ4n) is 3.25. The number of halogens is 1. The lowest BCUT2D eigenvalue weighted by molar-refractivity contribution is 0.244. The minimum absolute atomic E-state index is 0.160. The summed E-state index contributed by atoms with van der Waals surface area (Å²) in [6.45, 7) is 12.1. The van der Waals surface area contributed by atoms with Gasteiger partial charge in [0.15, 0.2) is 0 Å². The van der Waals surface area contributed by atoms with E-state index in [1.165, 1.54) is 11.1 Å². The molecule has 4 nitrogen and oxygen atoms in total. The molecule has 184 valence electrons. The third-order valence-corrected chi connectivity index (χ3v) is 5.40. The predicted molar refractivity (Wildman–Crippen MR) is 138 cm³/mol. The smallest absolute Gasteiger partial charge is 0.119 e. The molecule has 33 heavy (non-hydrogen) atoms. The molecule has 5 heteroatoms. The second kappa shape index (κ2) is 16.1. The number of hydrogen-bond donors (Lipinski definition) is 1. The first-order chi connectivity index (χ1) is 15.9. The summed E-state index contributed by atoms with van der Waals surface area (Å²) in [6, 6.07) is 8.30. The van der Waals surface area contributed by atoms with Crippen LogP contribution < -0.4 is 10.2 Å². The Morgan fingerprint density at radius 3 is 2.48 bits per heavy atom. The molecule has 1 N–H and O–H groups in total. The van der Waals surface area contributed by atoms with Crippen LogP contribution in [0.4, 0.5) is 4.39 Å². The Bertz CT molecular complexity index is 780. The van der Waals surface area contributed by atoms with Gasteiger partial charge in [0.1, 0.15) is 12.4 Å². The molecule has 0 heterocycles. The van der Waals surface area contributed by atoms with Gasteiger partial charge in [0.05, 0.1) is 19.5 Å². The zero-order valence-corrected chi connectivity index (χ0v) is 21.4. The summed E-state index contributed by atoms with van der Waals surface area (Å²) in [5.41, 5.74) is 6.00. The number of nitrogens with zero attached hydrogens (tertiary/aromatic N) is 1. The van der Waals surface area contributed by atoms with E-state index in [4.69, 9.17) is 9.47 Å². The lowest BCUT2D eigenvalue weighted by Crippen LogP contribution is -2.32. The molecule has 0 fully saturated rings. The molecule has 0 saturated heterocycles. The van der Waals surface area contributed by atoms with Gasteiger partial charge in [-0.25, -0.2) is 9.82 Å². The maximum absolute atomic E-state index is 12.7. The van der Waals surface area contributed by atoms with Gasteiger partial charge in [-0.15, -0.1) is 0 Å². The molecule has 0 amide bonds. The summed E-state index contributed by atoms with van der Waals surface area (Å²) in [5, 5.41) is 1.88. The van der Waals surface area contributed by atoms with Crippen LogP contribution in [0.25, 0.3) is 0 Å². The zero-order chi connectivity index (χ0) is 24.5. The molecule has 0 spiro atoms. The summed E-state index contributed by atoms with van der Waals surface area (Å²) in [7, 11) is 1.83. The van der Waals surface area contributed by atoms with Crippen molar-refractivity contribution in [1.29, 1.82) is 0 Å². The normalized spacial score (nSPS) is 13.2. The number of alkyl halides is 1. The fourth-order valence-corrected chi connectivity index (χ4v) is 3.25. The molecule has 0 aromatic heterocycles. The minimum atomic E-state index is -0.439. The number of ether oxygens (including phenoxy) is 2. The lowest BCUT2D eigenvalue weighted by Gasteiger charge is -2.27. The monoisotopic (exact) mass is 458 g/mol. The lowest BCUT2D eigenvalue weighted by atomic mass is 9.77. The van der Waals surface area contributed by atoms with Crippen molar-refractivity contribution in [1.82, 2.24) is 10.4 Å². The highest BCUT2D eigenvalue weighted by molar-refractivity contribution is 5.43. The maximum atomic E-state index is 12.7. The van der Waals surface area contributed by atoms with Crippen molar-refractivity contribution in [3.05, 3.63) is 77.7 Å². The first kappa shape index (κ1) is 28.5. The minimum Gasteiger partial charge on any atom is -0.501 e. The van der Waals surface area contributed by atoms with Crippen molar-refractivity contribution in [3.63, 3.8) is 0 Å². The van der Waals surface area contributed by atoms with E-state index in [1.807, 2.05) is 37.2 Å². The Morgan fingerprint density at radius 2 is 1.88 bits per heavy atom. The number of hydrogen-bond acceptors (Lipinski definition) is 4. The summed E-state index contributed by atoms with van der Waals surface area (Å²) in [6.07, 6.45) is 14.9. The van der Waals surface area contributed by atoms with Gasteiger partial charge in [-0.1, -0.05) is 57.6 Å². The molecule has 0 aliphatic rings.